The molecule has 2 saturated heterocycles. The van der Waals surface area contributed by atoms with Crippen molar-refractivity contribution in [2.24, 2.45) is 0 Å². The predicted molar refractivity (Wildman–Crippen MR) is 78.6 cm³/mol. The number of halogens is 1. The number of hydrogen-bond donors (Lipinski definition) is 1. The van der Waals surface area contributed by atoms with E-state index in [2.05, 4.69) is 4.98 Å². The maximum Gasteiger partial charge on any atom is 0.274 e. The Morgan fingerprint density at radius 3 is 2.71 bits per heavy atom. The number of nitrogens with zero attached hydrogens (tertiary/aromatic N) is 2. The molecule has 5 nitrogen and oxygen atoms in total. The quantitative estimate of drug-likeness (QED) is 0.930. The monoisotopic (exact) mass is 310 g/mol. The number of carbonyl (C=O) groups is 1. The zero-order valence-electron chi connectivity index (χ0n) is 12.0. The van der Waals surface area contributed by atoms with Crippen LogP contribution >= 0.6 is 11.6 Å². The van der Waals surface area contributed by atoms with Crippen LogP contribution in [0.3, 0.4) is 0 Å². The normalized spacial score (nSPS) is 27.8. The van der Waals surface area contributed by atoms with E-state index in [1.807, 2.05) is 11.8 Å². The van der Waals surface area contributed by atoms with E-state index in [0.717, 1.165) is 12.8 Å². The molecule has 0 spiro atoms. The van der Waals surface area contributed by atoms with E-state index in [4.69, 9.17) is 16.3 Å². The zero-order valence-corrected chi connectivity index (χ0v) is 12.7. The molecule has 2 unspecified atom stereocenters. The number of aliphatic hydroxyl groups excluding tert-OH is 1. The fourth-order valence-corrected chi connectivity index (χ4v) is 3.59. The van der Waals surface area contributed by atoms with Gasteiger partial charge in [0, 0.05) is 18.2 Å². The minimum atomic E-state index is -0.301. The number of hydrogen-bond acceptors (Lipinski definition) is 4. The predicted octanol–water partition coefficient (Wildman–Crippen LogP) is 2.26. The summed E-state index contributed by atoms with van der Waals surface area (Å²) in [6.07, 6.45) is 2.87. The second-order valence-electron chi connectivity index (χ2n) is 5.64. The Balaban J connectivity index is 1.87. The lowest BCUT2D eigenvalue weighted by Crippen LogP contribution is -2.48. The fourth-order valence-electron chi connectivity index (χ4n) is 3.40. The molecule has 6 heteroatoms. The third kappa shape index (κ3) is 2.72. The van der Waals surface area contributed by atoms with Gasteiger partial charge in [0.15, 0.2) is 5.69 Å². The highest BCUT2D eigenvalue weighted by Crippen LogP contribution is 2.37. The molecule has 0 aliphatic carbocycles. The minimum absolute atomic E-state index is 0.0971. The van der Waals surface area contributed by atoms with Crippen LogP contribution in [0.1, 0.15) is 43.1 Å². The van der Waals surface area contributed by atoms with E-state index >= 15 is 0 Å². The van der Waals surface area contributed by atoms with Gasteiger partial charge in [-0.3, -0.25) is 4.79 Å². The largest absolute Gasteiger partial charge is 0.478 e. The van der Waals surface area contributed by atoms with E-state index in [1.165, 1.54) is 0 Å². The van der Waals surface area contributed by atoms with Crippen LogP contribution in [0.4, 0.5) is 0 Å². The molecule has 3 heterocycles. The molecule has 0 radical (unpaired) electrons. The Bertz CT molecular complexity index is 538. The Labute approximate surface area is 128 Å². The van der Waals surface area contributed by atoms with Crippen molar-refractivity contribution >= 4 is 17.5 Å². The van der Waals surface area contributed by atoms with Crippen molar-refractivity contribution in [2.75, 3.05) is 6.61 Å². The lowest BCUT2D eigenvalue weighted by atomic mass is 9.99. The molecular weight excluding hydrogens is 292 g/mol. The van der Waals surface area contributed by atoms with E-state index in [9.17, 15) is 9.90 Å². The van der Waals surface area contributed by atoms with Crippen molar-refractivity contribution in [2.45, 2.75) is 50.8 Å². The van der Waals surface area contributed by atoms with Gasteiger partial charge in [-0.25, -0.2) is 4.98 Å². The van der Waals surface area contributed by atoms with Crippen LogP contribution in [0.5, 0.6) is 5.88 Å². The standard InChI is InChI=1S/C15H19ClN2O3/c1-2-21-13-6-5-12(16)14(17-13)15(20)18-9-3-4-10(18)8-11(19)7-9/h5-6,9-11,19H,2-4,7-8H2,1H3. The number of aromatic nitrogens is 1. The van der Waals surface area contributed by atoms with Crippen molar-refractivity contribution in [3.63, 3.8) is 0 Å². The zero-order chi connectivity index (χ0) is 15.0. The molecule has 0 saturated carbocycles. The number of pyridine rings is 1. The highest BCUT2D eigenvalue weighted by Gasteiger charge is 2.43. The number of aliphatic hydroxyl groups is 1. The number of rotatable bonds is 3. The Morgan fingerprint density at radius 2 is 2.10 bits per heavy atom. The van der Waals surface area contributed by atoms with Gasteiger partial charge >= 0.3 is 0 Å². The van der Waals surface area contributed by atoms with E-state index in [-0.39, 0.29) is 29.8 Å². The van der Waals surface area contributed by atoms with Crippen LogP contribution in [0.25, 0.3) is 0 Å². The second-order valence-corrected chi connectivity index (χ2v) is 6.04. The molecule has 2 bridgehead atoms. The summed E-state index contributed by atoms with van der Waals surface area (Å²) in [5.41, 5.74) is 0.246. The Kier molecular flexibility index (Phi) is 4.04. The van der Waals surface area contributed by atoms with Crippen LogP contribution in [-0.4, -0.2) is 45.7 Å². The third-order valence-electron chi connectivity index (χ3n) is 4.26. The molecule has 114 valence electrons. The van der Waals surface area contributed by atoms with Crippen molar-refractivity contribution in [3.05, 3.63) is 22.8 Å². The Hall–Kier alpha value is -1.33. The number of piperidine rings is 1. The van der Waals surface area contributed by atoms with Crippen LogP contribution < -0.4 is 4.74 Å². The summed E-state index contributed by atoms with van der Waals surface area (Å²) in [5, 5.41) is 10.2. The molecule has 1 aromatic heterocycles. The molecule has 2 aliphatic heterocycles. The maximum atomic E-state index is 12.8. The molecule has 2 aliphatic rings. The summed E-state index contributed by atoms with van der Waals surface area (Å²) in [4.78, 5) is 18.9. The van der Waals surface area contributed by atoms with Crippen LogP contribution in [0.2, 0.25) is 5.02 Å². The highest BCUT2D eigenvalue weighted by molar-refractivity contribution is 6.33. The van der Waals surface area contributed by atoms with Gasteiger partial charge in [-0.2, -0.15) is 0 Å². The summed E-state index contributed by atoms with van der Waals surface area (Å²) in [6, 6.07) is 3.50. The van der Waals surface area contributed by atoms with E-state index in [0.29, 0.717) is 30.4 Å². The molecule has 1 aromatic rings. The lowest BCUT2D eigenvalue weighted by Gasteiger charge is -2.37. The smallest absolute Gasteiger partial charge is 0.274 e. The molecule has 1 N–H and O–H groups in total. The number of fused-ring (bicyclic) bond motifs is 2. The van der Waals surface area contributed by atoms with Crippen LogP contribution in [0.15, 0.2) is 12.1 Å². The van der Waals surface area contributed by atoms with Crippen LogP contribution in [0, 0.1) is 0 Å². The van der Waals surface area contributed by atoms with Crippen LogP contribution in [-0.2, 0) is 0 Å². The Morgan fingerprint density at radius 1 is 1.43 bits per heavy atom. The summed E-state index contributed by atoms with van der Waals surface area (Å²) in [6.45, 7) is 2.35. The first kappa shape index (κ1) is 14.6. The summed E-state index contributed by atoms with van der Waals surface area (Å²) >= 11 is 6.14. The van der Waals surface area contributed by atoms with Gasteiger partial charge in [0.1, 0.15) is 0 Å². The molecule has 2 fully saturated rings. The van der Waals surface area contributed by atoms with Gasteiger partial charge in [0.25, 0.3) is 5.91 Å². The highest BCUT2D eigenvalue weighted by atomic mass is 35.5. The van der Waals surface area contributed by atoms with E-state index < -0.39 is 0 Å². The molecule has 21 heavy (non-hydrogen) atoms. The van der Waals surface area contributed by atoms with Crippen molar-refractivity contribution in [1.29, 1.82) is 0 Å². The van der Waals surface area contributed by atoms with Gasteiger partial charge < -0.3 is 14.7 Å². The van der Waals surface area contributed by atoms with Gasteiger partial charge in [0.2, 0.25) is 5.88 Å². The number of ether oxygens (including phenoxy) is 1. The minimum Gasteiger partial charge on any atom is -0.478 e. The average molecular weight is 311 g/mol. The lowest BCUT2D eigenvalue weighted by molar-refractivity contribution is 0.0282. The average Bonchev–Trinajstić information content (AvgIpc) is 2.72. The molecular formula is C15H19ClN2O3. The van der Waals surface area contributed by atoms with Crippen molar-refractivity contribution in [3.8, 4) is 5.88 Å². The topological polar surface area (TPSA) is 62.7 Å². The SMILES string of the molecule is CCOc1ccc(Cl)c(C(=O)N2C3CCC2CC(O)C3)n1. The molecule has 1 amide bonds. The van der Waals surface area contributed by atoms with Gasteiger partial charge in [0.05, 0.1) is 17.7 Å². The van der Waals surface area contributed by atoms with Crippen molar-refractivity contribution in [1.82, 2.24) is 9.88 Å². The molecule has 2 atom stereocenters. The molecule has 0 aromatic carbocycles. The summed E-state index contributed by atoms with van der Waals surface area (Å²) < 4.78 is 5.34. The third-order valence-corrected chi connectivity index (χ3v) is 4.56. The first-order valence-electron chi connectivity index (χ1n) is 7.40. The fraction of sp³-hybridized carbons (Fsp3) is 0.600. The summed E-state index contributed by atoms with van der Waals surface area (Å²) in [5.74, 6) is 0.260. The van der Waals surface area contributed by atoms with Crippen molar-refractivity contribution < 1.29 is 14.6 Å². The second kappa shape index (κ2) is 5.81. The first-order chi connectivity index (χ1) is 10.1. The summed E-state index contributed by atoms with van der Waals surface area (Å²) in [7, 11) is 0. The molecule has 3 rings (SSSR count). The number of carbonyl (C=O) groups excluding carboxylic acids is 1. The first-order valence-corrected chi connectivity index (χ1v) is 7.78. The van der Waals surface area contributed by atoms with Gasteiger partial charge in [-0.15, -0.1) is 0 Å². The van der Waals surface area contributed by atoms with E-state index in [1.54, 1.807) is 12.1 Å². The van der Waals surface area contributed by atoms with Gasteiger partial charge in [-0.1, -0.05) is 11.6 Å². The number of amides is 1. The maximum absolute atomic E-state index is 12.8. The van der Waals surface area contributed by atoms with Gasteiger partial charge in [-0.05, 0) is 38.7 Å².